The highest BCUT2D eigenvalue weighted by atomic mass is 79.9. The average Bonchev–Trinajstić information content (AvgIpc) is 2.28. The Hall–Kier alpha value is -0.580. The summed E-state index contributed by atoms with van der Waals surface area (Å²) in [5, 5.41) is 12.8. The average molecular weight is 335 g/mol. The number of carboxylic acid groups (broad SMARTS) is 1. The second-order valence-electron chi connectivity index (χ2n) is 4.65. The Bertz CT molecular complexity index is 423. The van der Waals surface area contributed by atoms with Gasteiger partial charge in [-0.05, 0) is 46.0 Å². The van der Waals surface area contributed by atoms with Crippen molar-refractivity contribution >= 4 is 33.5 Å². The molecule has 0 aromatic heterocycles. The number of halogens is 2. The molecule has 0 unspecified atom stereocenters. The molecular weight excluding hydrogens is 318 g/mol. The predicted octanol–water partition coefficient (Wildman–Crippen LogP) is 3.69. The fraction of sp³-hybridized carbons (Fsp3) is 0.462. The fourth-order valence-corrected chi connectivity index (χ4v) is 2.08. The van der Waals surface area contributed by atoms with E-state index in [-0.39, 0.29) is 0 Å². The van der Waals surface area contributed by atoms with Crippen molar-refractivity contribution in [1.29, 1.82) is 0 Å². The van der Waals surface area contributed by atoms with Crippen molar-refractivity contribution in [2.75, 3.05) is 0 Å². The van der Waals surface area contributed by atoms with Gasteiger partial charge in [-0.2, -0.15) is 0 Å². The quantitative estimate of drug-likeness (QED) is 0.834. The maximum Gasteiger partial charge on any atom is 0.320 e. The van der Waals surface area contributed by atoms with Crippen LogP contribution in [0.1, 0.15) is 25.8 Å². The number of hydrogen-bond donors (Lipinski definition) is 2. The second-order valence-corrected chi connectivity index (χ2v) is 5.91. The minimum atomic E-state index is -0.813. The van der Waals surface area contributed by atoms with Gasteiger partial charge in [-0.3, -0.25) is 4.79 Å². The molecule has 0 aliphatic carbocycles. The van der Waals surface area contributed by atoms with Crippen LogP contribution < -0.4 is 5.32 Å². The van der Waals surface area contributed by atoms with E-state index < -0.39 is 12.0 Å². The third kappa shape index (κ3) is 4.96. The Morgan fingerprint density at radius 2 is 2.17 bits per heavy atom. The first-order valence-electron chi connectivity index (χ1n) is 5.80. The maximum atomic E-state index is 11.1. The zero-order chi connectivity index (χ0) is 13.7. The standard InChI is InChI=1S/C13H17BrClNO2/c1-8(2)5-12(13(17)18)16-7-9-3-4-10(14)11(15)6-9/h3-4,6,8,12,16H,5,7H2,1-2H3,(H,17,18)/t12-/m1/s1. The second kappa shape index (κ2) is 7.12. The van der Waals surface area contributed by atoms with Gasteiger partial charge in [-0.15, -0.1) is 0 Å². The van der Waals surface area contributed by atoms with Crippen LogP contribution in [0, 0.1) is 5.92 Å². The summed E-state index contributed by atoms with van der Waals surface area (Å²) in [6.45, 7) is 4.51. The van der Waals surface area contributed by atoms with Gasteiger partial charge in [0.1, 0.15) is 6.04 Å². The minimum absolute atomic E-state index is 0.340. The molecule has 0 heterocycles. The largest absolute Gasteiger partial charge is 0.480 e. The summed E-state index contributed by atoms with van der Waals surface area (Å²) in [6, 6.07) is 5.08. The molecule has 2 N–H and O–H groups in total. The molecule has 0 spiro atoms. The van der Waals surface area contributed by atoms with E-state index in [0.29, 0.717) is 23.9 Å². The highest BCUT2D eigenvalue weighted by molar-refractivity contribution is 9.10. The summed E-state index contributed by atoms with van der Waals surface area (Å²) >= 11 is 9.30. The van der Waals surface area contributed by atoms with E-state index in [2.05, 4.69) is 21.2 Å². The first-order chi connectivity index (χ1) is 8.40. The van der Waals surface area contributed by atoms with Crippen LogP contribution in [0.15, 0.2) is 22.7 Å². The number of rotatable bonds is 6. The van der Waals surface area contributed by atoms with Gasteiger partial charge in [0.2, 0.25) is 0 Å². The third-order valence-electron chi connectivity index (χ3n) is 2.54. The lowest BCUT2D eigenvalue weighted by atomic mass is 10.0. The van der Waals surface area contributed by atoms with Crippen molar-refractivity contribution in [1.82, 2.24) is 5.32 Å². The number of aliphatic carboxylic acids is 1. The van der Waals surface area contributed by atoms with Crippen LogP contribution in [0.3, 0.4) is 0 Å². The molecule has 1 aromatic carbocycles. The molecule has 0 aliphatic heterocycles. The van der Waals surface area contributed by atoms with E-state index in [1.54, 1.807) is 0 Å². The van der Waals surface area contributed by atoms with Gasteiger partial charge < -0.3 is 10.4 Å². The Morgan fingerprint density at radius 3 is 2.67 bits per heavy atom. The normalized spacial score (nSPS) is 12.7. The Labute approximate surface area is 121 Å². The summed E-state index contributed by atoms with van der Waals surface area (Å²) in [7, 11) is 0. The summed E-state index contributed by atoms with van der Waals surface area (Å²) in [5.74, 6) is -0.473. The van der Waals surface area contributed by atoms with Crippen LogP contribution in [0.2, 0.25) is 5.02 Å². The predicted molar refractivity (Wildman–Crippen MR) is 76.9 cm³/mol. The van der Waals surface area contributed by atoms with Gasteiger partial charge in [-0.1, -0.05) is 31.5 Å². The Morgan fingerprint density at radius 1 is 1.50 bits per heavy atom. The topological polar surface area (TPSA) is 49.3 Å². The van der Waals surface area contributed by atoms with Crippen molar-refractivity contribution in [3.05, 3.63) is 33.3 Å². The lowest BCUT2D eigenvalue weighted by molar-refractivity contribution is -0.140. The molecule has 0 aliphatic rings. The van der Waals surface area contributed by atoms with Crippen LogP contribution in [0.25, 0.3) is 0 Å². The van der Waals surface area contributed by atoms with E-state index >= 15 is 0 Å². The number of benzene rings is 1. The van der Waals surface area contributed by atoms with E-state index in [4.69, 9.17) is 16.7 Å². The number of nitrogens with one attached hydrogen (secondary N) is 1. The van der Waals surface area contributed by atoms with E-state index in [9.17, 15) is 4.79 Å². The fourth-order valence-electron chi connectivity index (χ4n) is 1.63. The Kier molecular flexibility index (Phi) is 6.12. The summed E-state index contributed by atoms with van der Waals surface area (Å²) in [5.41, 5.74) is 0.971. The molecule has 100 valence electrons. The van der Waals surface area contributed by atoms with Crippen molar-refractivity contribution in [3.8, 4) is 0 Å². The molecular formula is C13H17BrClNO2. The zero-order valence-corrected chi connectivity index (χ0v) is 12.8. The summed E-state index contributed by atoms with van der Waals surface area (Å²) in [6.07, 6.45) is 0.611. The molecule has 18 heavy (non-hydrogen) atoms. The summed E-state index contributed by atoms with van der Waals surface area (Å²) < 4.78 is 0.838. The maximum absolute atomic E-state index is 11.1. The highest BCUT2D eigenvalue weighted by Crippen LogP contribution is 2.23. The first kappa shape index (κ1) is 15.5. The van der Waals surface area contributed by atoms with Gasteiger partial charge in [0, 0.05) is 11.0 Å². The van der Waals surface area contributed by atoms with Crippen LogP contribution >= 0.6 is 27.5 Å². The lowest BCUT2D eigenvalue weighted by Gasteiger charge is -2.16. The van der Waals surface area contributed by atoms with E-state index in [1.165, 1.54) is 0 Å². The molecule has 1 atom stereocenters. The minimum Gasteiger partial charge on any atom is -0.480 e. The Balaban J connectivity index is 2.61. The van der Waals surface area contributed by atoms with E-state index in [1.807, 2.05) is 32.0 Å². The SMILES string of the molecule is CC(C)C[C@@H](NCc1ccc(Br)c(Cl)c1)C(=O)O. The zero-order valence-electron chi connectivity index (χ0n) is 10.4. The molecule has 3 nitrogen and oxygen atoms in total. The van der Waals surface area contributed by atoms with Crippen molar-refractivity contribution < 1.29 is 9.90 Å². The smallest absolute Gasteiger partial charge is 0.320 e. The molecule has 5 heteroatoms. The van der Waals surface area contributed by atoms with Crippen molar-refractivity contribution in [2.45, 2.75) is 32.9 Å². The molecule has 0 fully saturated rings. The van der Waals surface area contributed by atoms with Crippen LogP contribution in [-0.2, 0) is 11.3 Å². The first-order valence-corrected chi connectivity index (χ1v) is 6.97. The monoisotopic (exact) mass is 333 g/mol. The molecule has 0 radical (unpaired) electrons. The van der Waals surface area contributed by atoms with Crippen LogP contribution in [0.4, 0.5) is 0 Å². The third-order valence-corrected chi connectivity index (χ3v) is 3.77. The van der Waals surface area contributed by atoms with Crippen molar-refractivity contribution in [3.63, 3.8) is 0 Å². The highest BCUT2D eigenvalue weighted by Gasteiger charge is 2.17. The van der Waals surface area contributed by atoms with Gasteiger partial charge in [0.25, 0.3) is 0 Å². The van der Waals surface area contributed by atoms with Crippen LogP contribution in [-0.4, -0.2) is 17.1 Å². The number of carbonyl (C=O) groups is 1. The van der Waals surface area contributed by atoms with Gasteiger partial charge in [0.15, 0.2) is 0 Å². The molecule has 0 bridgehead atoms. The molecule has 0 saturated heterocycles. The lowest BCUT2D eigenvalue weighted by Crippen LogP contribution is -2.37. The number of carboxylic acids is 1. The molecule has 1 rings (SSSR count). The van der Waals surface area contributed by atoms with E-state index in [0.717, 1.165) is 10.0 Å². The number of hydrogen-bond acceptors (Lipinski definition) is 2. The van der Waals surface area contributed by atoms with Gasteiger partial charge in [0.05, 0.1) is 5.02 Å². The molecule has 0 amide bonds. The molecule has 0 saturated carbocycles. The molecule has 1 aromatic rings. The van der Waals surface area contributed by atoms with Crippen molar-refractivity contribution in [2.24, 2.45) is 5.92 Å². The van der Waals surface area contributed by atoms with Crippen LogP contribution in [0.5, 0.6) is 0 Å². The summed E-state index contributed by atoms with van der Waals surface area (Å²) in [4.78, 5) is 11.1. The van der Waals surface area contributed by atoms with Gasteiger partial charge >= 0.3 is 5.97 Å². The van der Waals surface area contributed by atoms with Gasteiger partial charge in [-0.25, -0.2) is 0 Å².